The van der Waals surface area contributed by atoms with E-state index in [0.29, 0.717) is 6.54 Å². The summed E-state index contributed by atoms with van der Waals surface area (Å²) >= 11 is 0. The molecule has 0 atom stereocenters. The van der Waals surface area contributed by atoms with Crippen molar-refractivity contribution in [2.45, 2.75) is 20.4 Å². The number of nitrogens with zero attached hydrogens (tertiary/aromatic N) is 3. The van der Waals surface area contributed by atoms with Gasteiger partial charge >= 0.3 is 0 Å². The van der Waals surface area contributed by atoms with Gasteiger partial charge in [0.1, 0.15) is 0 Å². The average Bonchev–Trinajstić information content (AvgIpc) is 2.57. The summed E-state index contributed by atoms with van der Waals surface area (Å²) in [7, 11) is 0. The van der Waals surface area contributed by atoms with Gasteiger partial charge in [-0.2, -0.15) is 5.10 Å². The Hall–Kier alpha value is -1.98. The third-order valence-corrected chi connectivity index (χ3v) is 4.20. The summed E-state index contributed by atoms with van der Waals surface area (Å²) in [5.74, 6) is 0. The molecule has 0 aliphatic carbocycles. The van der Waals surface area contributed by atoms with Gasteiger partial charge in [0.05, 0.1) is 25.5 Å². The van der Waals surface area contributed by atoms with Crippen molar-refractivity contribution >= 4 is 0 Å². The highest BCUT2D eigenvalue weighted by Gasteiger charge is 2.12. The van der Waals surface area contributed by atoms with Crippen molar-refractivity contribution in [3.63, 3.8) is 0 Å². The molecule has 0 bridgehead atoms. The molecule has 3 rings (SSSR count). The molecule has 23 heavy (non-hydrogen) atoms. The summed E-state index contributed by atoms with van der Waals surface area (Å²) in [5, 5.41) is 4.58. The van der Waals surface area contributed by atoms with Crippen LogP contribution >= 0.6 is 0 Å². The zero-order chi connectivity index (χ0) is 16.2. The first-order chi connectivity index (χ1) is 11.1. The highest BCUT2D eigenvalue weighted by Crippen LogP contribution is 2.17. The van der Waals surface area contributed by atoms with Crippen LogP contribution in [0.4, 0.5) is 0 Å². The summed E-state index contributed by atoms with van der Waals surface area (Å²) in [6, 6.07) is 10.1. The van der Waals surface area contributed by atoms with Gasteiger partial charge < -0.3 is 4.74 Å². The lowest BCUT2D eigenvalue weighted by Gasteiger charge is -2.26. The molecule has 5 nitrogen and oxygen atoms in total. The van der Waals surface area contributed by atoms with Gasteiger partial charge in [0.25, 0.3) is 5.56 Å². The number of hydrogen-bond donors (Lipinski definition) is 0. The van der Waals surface area contributed by atoms with E-state index in [1.807, 2.05) is 25.1 Å². The fourth-order valence-electron chi connectivity index (χ4n) is 2.83. The first kappa shape index (κ1) is 15.9. The van der Waals surface area contributed by atoms with E-state index in [4.69, 9.17) is 4.74 Å². The minimum absolute atomic E-state index is 0.00494. The molecule has 1 aliphatic heterocycles. The number of aromatic nitrogens is 2. The van der Waals surface area contributed by atoms with E-state index in [0.717, 1.165) is 49.7 Å². The van der Waals surface area contributed by atoms with Crippen molar-refractivity contribution in [1.82, 2.24) is 14.7 Å². The molecule has 1 fully saturated rings. The zero-order valence-corrected chi connectivity index (χ0v) is 13.8. The predicted molar refractivity (Wildman–Crippen MR) is 90.7 cm³/mol. The molecule has 1 saturated heterocycles. The lowest BCUT2D eigenvalue weighted by molar-refractivity contribution is 0.0358. The lowest BCUT2D eigenvalue weighted by atomic mass is 10.1. The molecule has 0 amide bonds. The Morgan fingerprint density at radius 3 is 2.65 bits per heavy atom. The van der Waals surface area contributed by atoms with Crippen molar-refractivity contribution in [1.29, 1.82) is 0 Å². The molecular formula is C18H23N3O2. The highest BCUT2D eigenvalue weighted by atomic mass is 16.5. The second-order valence-electron chi connectivity index (χ2n) is 6.06. The second kappa shape index (κ2) is 7.06. The van der Waals surface area contributed by atoms with Crippen LogP contribution in [0.25, 0.3) is 11.3 Å². The number of ether oxygens (including phenoxy) is 1. The van der Waals surface area contributed by atoms with E-state index in [1.54, 1.807) is 4.68 Å². The van der Waals surface area contributed by atoms with Crippen LogP contribution in [0.1, 0.15) is 11.1 Å². The molecule has 0 saturated carbocycles. The molecule has 0 spiro atoms. The van der Waals surface area contributed by atoms with Crippen molar-refractivity contribution in [3.8, 4) is 11.3 Å². The summed E-state index contributed by atoms with van der Waals surface area (Å²) in [6.45, 7) is 8.73. The van der Waals surface area contributed by atoms with Gasteiger partial charge in [-0.3, -0.25) is 9.69 Å². The van der Waals surface area contributed by atoms with Crippen molar-refractivity contribution in [3.05, 3.63) is 51.8 Å². The van der Waals surface area contributed by atoms with Crippen molar-refractivity contribution < 1.29 is 4.74 Å². The van der Waals surface area contributed by atoms with Gasteiger partial charge in [-0.1, -0.05) is 23.8 Å². The Kier molecular flexibility index (Phi) is 4.88. The monoisotopic (exact) mass is 313 g/mol. The molecule has 122 valence electrons. The Morgan fingerprint density at radius 1 is 1.13 bits per heavy atom. The van der Waals surface area contributed by atoms with Crippen LogP contribution in [0.3, 0.4) is 0 Å². The third-order valence-electron chi connectivity index (χ3n) is 4.20. The fraction of sp³-hybridized carbons (Fsp3) is 0.444. The smallest absolute Gasteiger partial charge is 0.269 e. The average molecular weight is 313 g/mol. The van der Waals surface area contributed by atoms with Gasteiger partial charge in [-0.15, -0.1) is 0 Å². The molecular weight excluding hydrogens is 290 g/mol. The van der Waals surface area contributed by atoms with Crippen LogP contribution in [0.2, 0.25) is 0 Å². The van der Waals surface area contributed by atoms with Crippen LogP contribution in [0, 0.1) is 13.8 Å². The van der Waals surface area contributed by atoms with Crippen LogP contribution in [0.15, 0.2) is 35.1 Å². The largest absolute Gasteiger partial charge is 0.379 e. The lowest BCUT2D eigenvalue weighted by Crippen LogP contribution is -2.40. The number of aryl methyl sites for hydroxylation is 2. The van der Waals surface area contributed by atoms with E-state index in [-0.39, 0.29) is 5.56 Å². The fourth-order valence-corrected chi connectivity index (χ4v) is 2.83. The number of morpholine rings is 1. The predicted octanol–water partition coefficient (Wildman–Crippen LogP) is 1.86. The molecule has 1 aliphatic rings. The molecule has 0 N–H and O–H groups in total. The van der Waals surface area contributed by atoms with Crippen LogP contribution in [0.5, 0.6) is 0 Å². The van der Waals surface area contributed by atoms with E-state index >= 15 is 0 Å². The zero-order valence-electron chi connectivity index (χ0n) is 13.8. The van der Waals surface area contributed by atoms with Gasteiger partial charge in [0.15, 0.2) is 0 Å². The third kappa shape index (κ3) is 3.86. The Morgan fingerprint density at radius 2 is 1.91 bits per heavy atom. The van der Waals surface area contributed by atoms with Gasteiger partial charge in [0, 0.05) is 30.8 Å². The second-order valence-corrected chi connectivity index (χ2v) is 6.06. The van der Waals surface area contributed by atoms with E-state index in [1.165, 1.54) is 5.56 Å². The molecule has 1 aromatic heterocycles. The minimum atomic E-state index is -0.00494. The minimum Gasteiger partial charge on any atom is -0.379 e. The summed E-state index contributed by atoms with van der Waals surface area (Å²) in [4.78, 5) is 14.7. The molecule has 0 unspecified atom stereocenters. The normalized spacial score (nSPS) is 15.7. The Labute approximate surface area is 136 Å². The maximum atomic E-state index is 12.3. The number of rotatable bonds is 4. The van der Waals surface area contributed by atoms with Crippen LogP contribution in [-0.2, 0) is 11.3 Å². The van der Waals surface area contributed by atoms with Crippen molar-refractivity contribution in [2.75, 3.05) is 32.8 Å². The van der Waals surface area contributed by atoms with Crippen molar-refractivity contribution in [2.24, 2.45) is 0 Å². The topological polar surface area (TPSA) is 47.4 Å². The Balaban J connectivity index is 1.83. The molecule has 5 heteroatoms. The summed E-state index contributed by atoms with van der Waals surface area (Å²) in [5.41, 5.74) is 3.82. The van der Waals surface area contributed by atoms with Gasteiger partial charge in [-0.05, 0) is 26.0 Å². The number of hydrogen-bond acceptors (Lipinski definition) is 4. The first-order valence-electron chi connectivity index (χ1n) is 8.09. The first-order valence-corrected chi connectivity index (χ1v) is 8.09. The Bertz CT molecular complexity index is 733. The van der Waals surface area contributed by atoms with Gasteiger partial charge in [0.2, 0.25) is 0 Å². The van der Waals surface area contributed by atoms with E-state index in [9.17, 15) is 4.79 Å². The van der Waals surface area contributed by atoms with E-state index in [2.05, 4.69) is 29.1 Å². The maximum Gasteiger partial charge on any atom is 0.269 e. The summed E-state index contributed by atoms with van der Waals surface area (Å²) in [6.07, 6.45) is 0. The van der Waals surface area contributed by atoms with Crippen LogP contribution < -0.4 is 5.56 Å². The molecule has 0 radical (unpaired) electrons. The SMILES string of the molecule is Cc1cccc(-c2cc(C)c(=O)n(CCN3CCOCC3)n2)c1. The van der Waals surface area contributed by atoms with Gasteiger partial charge in [-0.25, -0.2) is 4.68 Å². The molecule has 1 aromatic carbocycles. The maximum absolute atomic E-state index is 12.3. The quantitative estimate of drug-likeness (QED) is 0.864. The van der Waals surface area contributed by atoms with E-state index < -0.39 is 0 Å². The molecule has 2 aromatic rings. The highest BCUT2D eigenvalue weighted by molar-refractivity contribution is 5.59. The number of benzene rings is 1. The summed E-state index contributed by atoms with van der Waals surface area (Å²) < 4.78 is 6.96. The molecule has 2 heterocycles. The standard InChI is InChI=1S/C18H23N3O2/c1-14-4-3-5-16(12-14)17-13-15(2)18(22)21(19-17)7-6-20-8-10-23-11-9-20/h3-5,12-13H,6-11H2,1-2H3. The van der Waals surface area contributed by atoms with Crippen LogP contribution in [-0.4, -0.2) is 47.5 Å².